The smallest absolute Gasteiger partial charge is 0.122 e. The summed E-state index contributed by atoms with van der Waals surface area (Å²) in [5.74, 6) is 1.46. The number of ether oxygens (including phenoxy) is 1. The minimum atomic E-state index is 0.434. The Bertz CT molecular complexity index is 359. The summed E-state index contributed by atoms with van der Waals surface area (Å²) in [7, 11) is 0. The van der Waals surface area contributed by atoms with Gasteiger partial charge in [0.2, 0.25) is 0 Å². The molecule has 2 rings (SSSR count). The number of benzene rings is 1. The third-order valence-corrected chi connectivity index (χ3v) is 2.92. The number of nitrogens with two attached hydrogens (primary N) is 1. The van der Waals surface area contributed by atoms with Gasteiger partial charge in [-0.3, -0.25) is 0 Å². The molecule has 0 saturated heterocycles. The Labute approximate surface area is 90.7 Å². The zero-order valence-corrected chi connectivity index (χ0v) is 8.91. The first-order valence-electron chi connectivity index (χ1n) is 5.39. The van der Waals surface area contributed by atoms with Gasteiger partial charge in [-0.05, 0) is 31.0 Å². The number of fused-ring (bicyclic) bond motifs is 1. The Balaban J connectivity index is 2.08. The summed E-state index contributed by atoms with van der Waals surface area (Å²) >= 11 is 0. The second-order valence-corrected chi connectivity index (χ2v) is 4.02. The fraction of sp³-hybridized carbons (Fsp3) is 0.385. The third kappa shape index (κ3) is 2.21. The molecule has 15 heavy (non-hydrogen) atoms. The van der Waals surface area contributed by atoms with E-state index in [1.807, 2.05) is 12.1 Å². The normalized spacial score (nSPS) is 19.1. The average molecular weight is 203 g/mol. The van der Waals surface area contributed by atoms with E-state index in [1.165, 1.54) is 11.1 Å². The molecule has 0 bridgehead atoms. The summed E-state index contributed by atoms with van der Waals surface area (Å²) in [6.45, 7) is 5.50. The molecule has 0 fully saturated rings. The van der Waals surface area contributed by atoms with E-state index in [1.54, 1.807) is 0 Å². The molecule has 0 amide bonds. The molecule has 1 aliphatic heterocycles. The first-order chi connectivity index (χ1) is 7.31. The average Bonchev–Trinajstić information content (AvgIpc) is 2.29. The molecule has 1 atom stereocenters. The Kier molecular flexibility index (Phi) is 3.07. The summed E-state index contributed by atoms with van der Waals surface area (Å²) in [5, 5.41) is 0. The predicted octanol–water partition coefficient (Wildman–Crippen LogP) is 2.14. The van der Waals surface area contributed by atoms with Crippen molar-refractivity contribution in [2.24, 2.45) is 11.7 Å². The van der Waals surface area contributed by atoms with Crippen LogP contribution in [0.25, 0.3) is 0 Å². The van der Waals surface area contributed by atoms with E-state index in [0.717, 1.165) is 25.2 Å². The van der Waals surface area contributed by atoms with Gasteiger partial charge in [0.15, 0.2) is 0 Å². The molecule has 1 unspecified atom stereocenters. The lowest BCUT2D eigenvalue weighted by molar-refractivity contribution is 0.241. The second-order valence-electron chi connectivity index (χ2n) is 4.02. The van der Waals surface area contributed by atoms with Crippen molar-refractivity contribution in [2.75, 3.05) is 13.2 Å². The van der Waals surface area contributed by atoms with Crippen molar-refractivity contribution >= 4 is 0 Å². The summed E-state index contributed by atoms with van der Waals surface area (Å²) in [5.41, 5.74) is 8.03. The van der Waals surface area contributed by atoms with Crippen molar-refractivity contribution in [1.29, 1.82) is 0 Å². The van der Waals surface area contributed by atoms with Crippen LogP contribution in [0.1, 0.15) is 12.0 Å². The SMILES string of the molecule is C=C(CCN)C1COc2ccccc2C1. The van der Waals surface area contributed by atoms with Gasteiger partial charge >= 0.3 is 0 Å². The largest absolute Gasteiger partial charge is 0.493 e. The van der Waals surface area contributed by atoms with Crippen molar-refractivity contribution in [1.82, 2.24) is 0 Å². The van der Waals surface area contributed by atoms with Crippen molar-refractivity contribution in [3.63, 3.8) is 0 Å². The molecule has 2 N–H and O–H groups in total. The zero-order chi connectivity index (χ0) is 10.7. The van der Waals surface area contributed by atoms with Crippen LogP contribution in [0.2, 0.25) is 0 Å². The quantitative estimate of drug-likeness (QED) is 0.764. The Morgan fingerprint density at radius 3 is 3.07 bits per heavy atom. The maximum atomic E-state index is 5.70. The fourth-order valence-electron chi connectivity index (χ4n) is 1.98. The van der Waals surface area contributed by atoms with Crippen LogP contribution in [-0.2, 0) is 6.42 Å². The zero-order valence-electron chi connectivity index (χ0n) is 8.91. The molecule has 1 aliphatic rings. The molecule has 0 radical (unpaired) electrons. The van der Waals surface area contributed by atoms with Crippen LogP contribution in [0.15, 0.2) is 36.4 Å². The summed E-state index contributed by atoms with van der Waals surface area (Å²) in [6.07, 6.45) is 1.94. The molecule has 1 aromatic carbocycles. The first kappa shape index (κ1) is 10.2. The Morgan fingerprint density at radius 1 is 1.47 bits per heavy atom. The van der Waals surface area contributed by atoms with Gasteiger partial charge in [0.05, 0.1) is 6.61 Å². The van der Waals surface area contributed by atoms with E-state index in [9.17, 15) is 0 Å². The molecule has 0 saturated carbocycles. The van der Waals surface area contributed by atoms with Crippen LogP contribution < -0.4 is 10.5 Å². The molecule has 0 aromatic heterocycles. The van der Waals surface area contributed by atoms with Crippen LogP contribution in [0, 0.1) is 5.92 Å². The van der Waals surface area contributed by atoms with Gasteiger partial charge in [-0.2, -0.15) is 0 Å². The summed E-state index contributed by atoms with van der Waals surface area (Å²) < 4.78 is 5.70. The standard InChI is InChI=1S/C13H17NO/c1-10(6-7-14)12-8-11-4-2-3-5-13(11)15-9-12/h2-5,12H,1,6-9,14H2. The Hall–Kier alpha value is -1.28. The van der Waals surface area contributed by atoms with Gasteiger partial charge in [-0.15, -0.1) is 0 Å². The third-order valence-electron chi connectivity index (χ3n) is 2.92. The highest BCUT2D eigenvalue weighted by atomic mass is 16.5. The topological polar surface area (TPSA) is 35.2 Å². The second kappa shape index (κ2) is 4.49. The van der Waals surface area contributed by atoms with E-state index in [4.69, 9.17) is 10.5 Å². The molecule has 0 aliphatic carbocycles. The van der Waals surface area contributed by atoms with Gasteiger partial charge in [0, 0.05) is 5.92 Å². The van der Waals surface area contributed by atoms with E-state index >= 15 is 0 Å². The predicted molar refractivity (Wildman–Crippen MR) is 61.9 cm³/mol. The van der Waals surface area contributed by atoms with E-state index in [0.29, 0.717) is 12.5 Å². The number of hydrogen-bond acceptors (Lipinski definition) is 2. The number of hydrogen-bond donors (Lipinski definition) is 1. The van der Waals surface area contributed by atoms with Crippen molar-refractivity contribution in [3.05, 3.63) is 42.0 Å². The summed E-state index contributed by atoms with van der Waals surface area (Å²) in [6, 6.07) is 8.21. The van der Waals surface area contributed by atoms with Gasteiger partial charge in [0.1, 0.15) is 5.75 Å². The molecule has 2 nitrogen and oxygen atoms in total. The maximum absolute atomic E-state index is 5.70. The van der Waals surface area contributed by atoms with Crippen molar-refractivity contribution in [2.45, 2.75) is 12.8 Å². The summed E-state index contributed by atoms with van der Waals surface area (Å²) in [4.78, 5) is 0. The van der Waals surface area contributed by atoms with Gasteiger partial charge in [-0.25, -0.2) is 0 Å². The van der Waals surface area contributed by atoms with Crippen LogP contribution >= 0.6 is 0 Å². The van der Waals surface area contributed by atoms with Gasteiger partial charge in [0.25, 0.3) is 0 Å². The lowest BCUT2D eigenvalue weighted by atomic mass is 9.89. The van der Waals surface area contributed by atoms with Crippen LogP contribution in [0.5, 0.6) is 5.75 Å². The molecular formula is C13H17NO. The van der Waals surface area contributed by atoms with E-state index in [2.05, 4.69) is 18.7 Å². The monoisotopic (exact) mass is 203 g/mol. The highest BCUT2D eigenvalue weighted by molar-refractivity contribution is 5.36. The fourth-order valence-corrected chi connectivity index (χ4v) is 1.98. The van der Waals surface area contributed by atoms with Gasteiger partial charge in [-0.1, -0.05) is 30.4 Å². The molecule has 80 valence electrons. The maximum Gasteiger partial charge on any atom is 0.122 e. The van der Waals surface area contributed by atoms with Crippen molar-refractivity contribution < 1.29 is 4.74 Å². The highest BCUT2D eigenvalue weighted by Crippen LogP contribution is 2.30. The molecular weight excluding hydrogens is 186 g/mol. The highest BCUT2D eigenvalue weighted by Gasteiger charge is 2.20. The van der Waals surface area contributed by atoms with Crippen molar-refractivity contribution in [3.8, 4) is 5.75 Å². The van der Waals surface area contributed by atoms with E-state index in [-0.39, 0.29) is 0 Å². The molecule has 1 aromatic rings. The van der Waals surface area contributed by atoms with Crippen LogP contribution in [0.3, 0.4) is 0 Å². The van der Waals surface area contributed by atoms with Crippen LogP contribution in [0.4, 0.5) is 0 Å². The molecule has 2 heteroatoms. The first-order valence-corrected chi connectivity index (χ1v) is 5.39. The minimum Gasteiger partial charge on any atom is -0.493 e. The minimum absolute atomic E-state index is 0.434. The Morgan fingerprint density at radius 2 is 2.27 bits per heavy atom. The van der Waals surface area contributed by atoms with Gasteiger partial charge < -0.3 is 10.5 Å². The lowest BCUT2D eigenvalue weighted by Gasteiger charge is -2.26. The molecule has 0 spiro atoms. The van der Waals surface area contributed by atoms with E-state index < -0.39 is 0 Å². The lowest BCUT2D eigenvalue weighted by Crippen LogP contribution is -2.23. The molecule has 1 heterocycles. The van der Waals surface area contributed by atoms with Crippen LogP contribution in [-0.4, -0.2) is 13.2 Å². The number of rotatable bonds is 3. The number of para-hydroxylation sites is 1.